The summed E-state index contributed by atoms with van der Waals surface area (Å²) in [6, 6.07) is 13.9. The Bertz CT molecular complexity index is 1720. The van der Waals surface area contributed by atoms with Gasteiger partial charge in [0.1, 0.15) is 11.6 Å². The molecule has 3 aromatic rings. The van der Waals surface area contributed by atoms with Crippen LogP contribution in [0.1, 0.15) is 82.4 Å². The van der Waals surface area contributed by atoms with E-state index in [0.29, 0.717) is 25.0 Å². The van der Waals surface area contributed by atoms with Gasteiger partial charge in [-0.05, 0) is 90.6 Å². The number of hydrogen-bond donors (Lipinski definition) is 1. The van der Waals surface area contributed by atoms with Crippen molar-refractivity contribution in [3.63, 3.8) is 0 Å². The average molecular weight is 640 g/mol. The minimum absolute atomic E-state index is 0.0892. The molecule has 7 rings (SSSR count). The molecule has 2 aliphatic heterocycles. The Kier molecular flexibility index (Phi) is 7.56. The summed E-state index contributed by atoms with van der Waals surface area (Å²) in [6.07, 6.45) is 5.85. The molecular formula is C36H45N7O4. The number of ether oxygens (including phenoxy) is 1. The second-order valence-electron chi connectivity index (χ2n) is 14.9. The lowest BCUT2D eigenvalue weighted by Crippen LogP contribution is -2.54. The molecule has 2 atom stereocenters. The summed E-state index contributed by atoms with van der Waals surface area (Å²) in [7, 11) is 1.84. The first-order chi connectivity index (χ1) is 22.3. The van der Waals surface area contributed by atoms with Gasteiger partial charge in [0, 0.05) is 37.2 Å². The quantitative estimate of drug-likeness (QED) is 0.393. The molecule has 1 aromatic heterocycles. The lowest BCUT2D eigenvalue weighted by Gasteiger charge is -2.43. The normalized spacial score (nSPS) is 22.2. The van der Waals surface area contributed by atoms with Crippen molar-refractivity contribution >= 4 is 29.3 Å². The fraction of sp³-hybridized carbons (Fsp3) is 0.528. The van der Waals surface area contributed by atoms with E-state index in [2.05, 4.69) is 16.3 Å². The van der Waals surface area contributed by atoms with Crippen LogP contribution in [0.5, 0.6) is 0 Å². The maximum atomic E-state index is 14.1. The lowest BCUT2D eigenvalue weighted by molar-refractivity contribution is -0.119. The summed E-state index contributed by atoms with van der Waals surface area (Å²) in [6.45, 7) is 10.4. The highest BCUT2D eigenvalue weighted by molar-refractivity contribution is 6.05. The van der Waals surface area contributed by atoms with E-state index in [1.54, 1.807) is 14.5 Å². The van der Waals surface area contributed by atoms with Gasteiger partial charge in [-0.1, -0.05) is 30.5 Å². The zero-order valence-corrected chi connectivity index (χ0v) is 28.2. The monoisotopic (exact) mass is 639 g/mol. The summed E-state index contributed by atoms with van der Waals surface area (Å²) in [5.41, 5.74) is 3.86. The number of anilines is 2. The van der Waals surface area contributed by atoms with E-state index in [-0.39, 0.29) is 35.1 Å². The van der Waals surface area contributed by atoms with Gasteiger partial charge in [0.2, 0.25) is 11.7 Å². The van der Waals surface area contributed by atoms with Crippen molar-refractivity contribution in [1.29, 1.82) is 0 Å². The molecule has 11 nitrogen and oxygen atoms in total. The molecule has 0 bridgehead atoms. The minimum atomic E-state index is -0.605. The van der Waals surface area contributed by atoms with Crippen LogP contribution in [0.15, 0.2) is 42.5 Å². The first-order valence-corrected chi connectivity index (χ1v) is 16.9. The highest BCUT2D eigenvalue weighted by Gasteiger charge is 2.57. The minimum Gasteiger partial charge on any atom is -0.444 e. The summed E-state index contributed by atoms with van der Waals surface area (Å²) in [5, 5.41) is 7.84. The average Bonchev–Trinajstić information content (AvgIpc) is 3.34. The van der Waals surface area contributed by atoms with Crippen LogP contribution < -0.4 is 15.1 Å². The maximum Gasteiger partial charge on any atom is 0.407 e. The molecular weight excluding hydrogens is 594 g/mol. The molecule has 47 heavy (non-hydrogen) atoms. The van der Waals surface area contributed by atoms with Crippen molar-refractivity contribution in [1.82, 2.24) is 25.0 Å². The number of nitrogens with one attached hydrogen (secondary N) is 1. The number of amides is 3. The fourth-order valence-electron chi connectivity index (χ4n) is 7.61. The molecule has 1 N–H and O–H groups in total. The standard InChI is InChI=1S/C36H45N7O4/c1-22-11-14-26(15-12-22)43-31(24-13-16-27-28(19-24)42(25-9-7-8-10-25)23(2)32(44)40(27)6)38-30(39-43)33(45)41-20-29(36(21-41)17-18-36)37-34(46)47-35(3,4)5/h11-16,19,23,25,29H,7-10,17-18,20-21H2,1-6H3,(H,37,46)/t23-,29-/m1/s1. The predicted molar refractivity (Wildman–Crippen MR) is 180 cm³/mol. The summed E-state index contributed by atoms with van der Waals surface area (Å²) in [4.78, 5) is 50.7. The number of fused-ring (bicyclic) bond motifs is 1. The molecule has 2 saturated carbocycles. The van der Waals surface area contributed by atoms with E-state index >= 15 is 0 Å². The maximum absolute atomic E-state index is 14.1. The molecule has 0 unspecified atom stereocenters. The molecule has 11 heteroatoms. The summed E-state index contributed by atoms with van der Waals surface area (Å²) < 4.78 is 7.26. The molecule has 4 aliphatic rings. The second kappa shape index (κ2) is 11.4. The molecule has 2 aliphatic carbocycles. The number of likely N-dealkylation sites (N-methyl/N-ethyl adjacent to an activating group) is 1. The smallest absolute Gasteiger partial charge is 0.407 e. The number of carbonyl (C=O) groups excluding carboxylic acids is 3. The Balaban J connectivity index is 1.24. The Morgan fingerprint density at radius 2 is 1.72 bits per heavy atom. The number of aryl methyl sites for hydroxylation is 1. The summed E-state index contributed by atoms with van der Waals surface area (Å²) >= 11 is 0. The third-order valence-electron chi connectivity index (χ3n) is 10.3. The fourth-order valence-corrected chi connectivity index (χ4v) is 7.61. The first kappa shape index (κ1) is 31.2. The van der Waals surface area contributed by atoms with Crippen LogP contribution in [0.4, 0.5) is 16.2 Å². The van der Waals surface area contributed by atoms with Gasteiger partial charge in [-0.25, -0.2) is 14.5 Å². The Hall–Kier alpha value is -4.41. The van der Waals surface area contributed by atoms with Crippen molar-refractivity contribution in [2.75, 3.05) is 29.9 Å². The Morgan fingerprint density at radius 3 is 2.38 bits per heavy atom. The van der Waals surface area contributed by atoms with Crippen molar-refractivity contribution in [3.05, 3.63) is 53.9 Å². The predicted octanol–water partition coefficient (Wildman–Crippen LogP) is 5.49. The van der Waals surface area contributed by atoms with Gasteiger partial charge < -0.3 is 24.8 Å². The molecule has 0 radical (unpaired) electrons. The number of alkyl carbamates (subject to hydrolysis) is 1. The van der Waals surface area contributed by atoms with Crippen molar-refractivity contribution in [3.8, 4) is 17.1 Å². The van der Waals surface area contributed by atoms with Gasteiger partial charge in [0.05, 0.1) is 23.1 Å². The van der Waals surface area contributed by atoms with E-state index < -0.39 is 11.7 Å². The second-order valence-corrected chi connectivity index (χ2v) is 14.9. The third kappa shape index (κ3) is 5.74. The van der Waals surface area contributed by atoms with E-state index in [0.717, 1.165) is 66.7 Å². The van der Waals surface area contributed by atoms with E-state index in [4.69, 9.17) is 14.8 Å². The van der Waals surface area contributed by atoms with Crippen molar-refractivity contribution in [2.45, 2.75) is 96.9 Å². The van der Waals surface area contributed by atoms with Gasteiger partial charge in [-0.2, -0.15) is 0 Å². The number of rotatable bonds is 5. The molecule has 3 fully saturated rings. The van der Waals surface area contributed by atoms with E-state index in [9.17, 15) is 14.4 Å². The van der Waals surface area contributed by atoms with Gasteiger partial charge in [-0.15, -0.1) is 5.10 Å². The molecule has 248 valence electrons. The molecule has 3 amide bonds. The zero-order valence-electron chi connectivity index (χ0n) is 28.2. The van der Waals surface area contributed by atoms with Crippen LogP contribution in [0.3, 0.4) is 0 Å². The van der Waals surface area contributed by atoms with Crippen LogP contribution in [-0.4, -0.2) is 81.4 Å². The Labute approximate surface area is 276 Å². The highest BCUT2D eigenvalue weighted by atomic mass is 16.6. The Morgan fingerprint density at radius 1 is 1.02 bits per heavy atom. The van der Waals surface area contributed by atoms with Crippen LogP contribution >= 0.6 is 0 Å². The number of likely N-dealkylation sites (tertiary alicyclic amines) is 1. The SMILES string of the molecule is Cc1ccc(-n2nc(C(=O)N3C[C@@H](NC(=O)OC(C)(C)C)C4(CC4)C3)nc2-c2ccc3c(c2)N(C2CCCC2)[C@H](C)C(=O)N3C)cc1. The number of nitrogens with zero attached hydrogens (tertiary/aromatic N) is 6. The first-order valence-electron chi connectivity index (χ1n) is 16.9. The van der Waals surface area contributed by atoms with E-state index in [1.807, 2.05) is 78.1 Å². The molecule has 1 spiro atoms. The molecule has 1 saturated heterocycles. The van der Waals surface area contributed by atoms with Crippen molar-refractivity contribution < 1.29 is 19.1 Å². The number of aromatic nitrogens is 3. The van der Waals surface area contributed by atoms with Gasteiger partial charge in [0.15, 0.2) is 5.82 Å². The lowest BCUT2D eigenvalue weighted by atomic mass is 10.0. The van der Waals surface area contributed by atoms with Gasteiger partial charge in [0.25, 0.3) is 5.91 Å². The topological polar surface area (TPSA) is 113 Å². The number of hydrogen-bond acceptors (Lipinski definition) is 7. The van der Waals surface area contributed by atoms with Crippen LogP contribution in [0.25, 0.3) is 17.1 Å². The number of carbonyl (C=O) groups is 3. The van der Waals surface area contributed by atoms with Crippen molar-refractivity contribution in [2.24, 2.45) is 5.41 Å². The van der Waals surface area contributed by atoms with Gasteiger partial charge >= 0.3 is 6.09 Å². The number of benzene rings is 2. The molecule has 3 heterocycles. The largest absolute Gasteiger partial charge is 0.444 e. The highest BCUT2D eigenvalue weighted by Crippen LogP contribution is 2.53. The zero-order chi connectivity index (χ0) is 33.2. The summed E-state index contributed by atoms with van der Waals surface area (Å²) in [5.74, 6) is 0.496. The van der Waals surface area contributed by atoms with E-state index in [1.165, 1.54) is 0 Å². The molecule has 2 aromatic carbocycles. The van der Waals surface area contributed by atoms with Crippen LogP contribution in [0.2, 0.25) is 0 Å². The third-order valence-corrected chi connectivity index (χ3v) is 10.3. The van der Waals surface area contributed by atoms with Crippen LogP contribution in [-0.2, 0) is 9.53 Å². The van der Waals surface area contributed by atoms with Gasteiger partial charge in [-0.3, -0.25) is 9.59 Å². The van der Waals surface area contributed by atoms with Crippen LogP contribution in [0, 0.1) is 12.3 Å².